The lowest BCUT2D eigenvalue weighted by molar-refractivity contribution is -0.120. The lowest BCUT2D eigenvalue weighted by Gasteiger charge is -2.23. The largest absolute Gasteiger partial charge is 0.445 e. The van der Waals surface area contributed by atoms with Gasteiger partial charge in [0.2, 0.25) is 11.8 Å². The Hall–Kier alpha value is -4.13. The summed E-state index contributed by atoms with van der Waals surface area (Å²) in [6.07, 6.45) is 1.24. The van der Waals surface area contributed by atoms with E-state index in [-0.39, 0.29) is 18.4 Å². The summed E-state index contributed by atoms with van der Waals surface area (Å²) in [4.78, 5) is 38.8. The van der Waals surface area contributed by atoms with Gasteiger partial charge in [0, 0.05) is 17.9 Å². The number of nitrogens with zero attached hydrogens (tertiary/aromatic N) is 1. The zero-order chi connectivity index (χ0) is 23.5. The van der Waals surface area contributed by atoms with Crippen molar-refractivity contribution in [3.63, 3.8) is 0 Å². The van der Waals surface area contributed by atoms with Gasteiger partial charge in [-0.25, -0.2) is 4.79 Å². The van der Waals surface area contributed by atoms with Gasteiger partial charge in [-0.2, -0.15) is 0 Å². The molecule has 34 heavy (non-hydrogen) atoms. The van der Waals surface area contributed by atoms with Crippen molar-refractivity contribution in [2.24, 2.45) is 0 Å². The second kappa shape index (κ2) is 9.39. The number of benzene rings is 3. The van der Waals surface area contributed by atoms with Gasteiger partial charge < -0.3 is 15.4 Å². The van der Waals surface area contributed by atoms with Crippen LogP contribution >= 0.6 is 0 Å². The van der Waals surface area contributed by atoms with Crippen LogP contribution in [0.2, 0.25) is 0 Å². The normalized spacial score (nSPS) is 16.6. The van der Waals surface area contributed by atoms with Gasteiger partial charge in [0.05, 0.1) is 6.42 Å². The molecule has 1 atom stereocenters. The van der Waals surface area contributed by atoms with E-state index in [4.69, 9.17) is 4.74 Å². The Balaban J connectivity index is 1.24. The van der Waals surface area contributed by atoms with E-state index in [0.717, 1.165) is 34.4 Å². The molecule has 2 aliphatic heterocycles. The Kier molecular flexibility index (Phi) is 5.99. The van der Waals surface area contributed by atoms with Crippen molar-refractivity contribution < 1.29 is 19.1 Å². The molecule has 0 spiro atoms. The van der Waals surface area contributed by atoms with Crippen LogP contribution in [0.4, 0.5) is 16.2 Å². The smallest absolute Gasteiger partial charge is 0.410 e. The maximum atomic E-state index is 13.0. The van der Waals surface area contributed by atoms with E-state index < -0.39 is 12.1 Å². The van der Waals surface area contributed by atoms with E-state index >= 15 is 0 Å². The van der Waals surface area contributed by atoms with Crippen LogP contribution in [-0.2, 0) is 27.4 Å². The molecule has 1 fully saturated rings. The summed E-state index contributed by atoms with van der Waals surface area (Å²) < 4.78 is 5.44. The Morgan fingerprint density at radius 2 is 1.82 bits per heavy atom. The van der Waals surface area contributed by atoms with Crippen LogP contribution in [-0.4, -0.2) is 35.4 Å². The van der Waals surface area contributed by atoms with Gasteiger partial charge in [0.1, 0.15) is 12.6 Å². The fourth-order valence-electron chi connectivity index (χ4n) is 4.47. The van der Waals surface area contributed by atoms with E-state index in [0.29, 0.717) is 25.1 Å². The molecule has 0 bridgehead atoms. The van der Waals surface area contributed by atoms with Crippen LogP contribution < -0.4 is 10.6 Å². The zero-order valence-corrected chi connectivity index (χ0v) is 18.6. The van der Waals surface area contributed by atoms with Crippen LogP contribution in [0.3, 0.4) is 0 Å². The molecule has 2 N–H and O–H groups in total. The van der Waals surface area contributed by atoms with E-state index in [1.54, 1.807) is 0 Å². The van der Waals surface area contributed by atoms with Crippen molar-refractivity contribution in [2.75, 3.05) is 17.2 Å². The number of amides is 3. The molecule has 0 aromatic heterocycles. The highest BCUT2D eigenvalue weighted by atomic mass is 16.6. The number of hydrogen-bond acceptors (Lipinski definition) is 4. The molecular weight excluding hydrogens is 430 g/mol. The highest BCUT2D eigenvalue weighted by molar-refractivity contribution is 6.00. The molecule has 3 aromatic rings. The zero-order valence-electron chi connectivity index (χ0n) is 18.6. The summed E-state index contributed by atoms with van der Waals surface area (Å²) >= 11 is 0. The van der Waals surface area contributed by atoms with Gasteiger partial charge in [-0.05, 0) is 59.4 Å². The number of fused-ring (bicyclic) bond motifs is 1. The maximum Gasteiger partial charge on any atom is 0.410 e. The maximum absolute atomic E-state index is 13.0. The molecule has 7 heteroatoms. The van der Waals surface area contributed by atoms with Crippen LogP contribution in [0.25, 0.3) is 11.1 Å². The van der Waals surface area contributed by atoms with Crippen molar-refractivity contribution >= 4 is 29.3 Å². The Bertz CT molecular complexity index is 1240. The first-order valence-corrected chi connectivity index (χ1v) is 11.4. The molecule has 2 heterocycles. The first-order valence-electron chi connectivity index (χ1n) is 11.4. The highest BCUT2D eigenvalue weighted by Crippen LogP contribution is 2.30. The number of carbonyl (C=O) groups excluding carboxylic acids is 3. The van der Waals surface area contributed by atoms with Gasteiger partial charge in [-0.15, -0.1) is 0 Å². The number of anilines is 2. The SMILES string of the molecule is O=C1Cc2cc(-c3cccc(NC(=O)C4CCCN4C(=O)OCc4ccccc4)c3)ccc2N1. The van der Waals surface area contributed by atoms with Gasteiger partial charge in [0.25, 0.3) is 0 Å². The third-order valence-electron chi connectivity index (χ3n) is 6.19. The number of likely N-dealkylation sites (tertiary alicyclic amines) is 1. The molecule has 5 rings (SSSR count). The summed E-state index contributed by atoms with van der Waals surface area (Å²) in [7, 11) is 0. The van der Waals surface area contributed by atoms with Crippen LogP contribution in [0.5, 0.6) is 0 Å². The molecule has 0 saturated carbocycles. The van der Waals surface area contributed by atoms with Crippen LogP contribution in [0.15, 0.2) is 72.8 Å². The van der Waals surface area contributed by atoms with Crippen LogP contribution in [0, 0.1) is 0 Å². The van der Waals surface area contributed by atoms with Gasteiger partial charge in [-0.3, -0.25) is 14.5 Å². The van der Waals surface area contributed by atoms with Gasteiger partial charge in [-0.1, -0.05) is 48.5 Å². The van der Waals surface area contributed by atoms with E-state index in [1.807, 2.05) is 72.8 Å². The second-order valence-electron chi connectivity index (χ2n) is 8.56. The second-order valence-corrected chi connectivity index (χ2v) is 8.56. The molecule has 1 unspecified atom stereocenters. The first-order chi connectivity index (χ1) is 16.6. The lowest BCUT2D eigenvalue weighted by Crippen LogP contribution is -2.43. The van der Waals surface area contributed by atoms with E-state index in [9.17, 15) is 14.4 Å². The standard InChI is InChI=1S/C27H25N3O4/c31-25-16-21-14-20(11-12-23(21)29-25)19-8-4-9-22(15-19)28-26(32)24-10-5-13-30(24)27(33)34-17-18-6-2-1-3-7-18/h1-4,6-9,11-12,14-15,24H,5,10,13,16-17H2,(H,28,32)(H,29,31). The Labute approximate surface area is 197 Å². The Morgan fingerprint density at radius 1 is 1.00 bits per heavy atom. The number of nitrogens with one attached hydrogen (secondary N) is 2. The Morgan fingerprint density at radius 3 is 2.68 bits per heavy atom. The lowest BCUT2D eigenvalue weighted by atomic mass is 10.0. The molecule has 7 nitrogen and oxygen atoms in total. The van der Waals surface area contributed by atoms with Crippen LogP contribution in [0.1, 0.15) is 24.0 Å². The van der Waals surface area contributed by atoms with Crippen molar-refractivity contribution in [3.8, 4) is 11.1 Å². The molecule has 2 aliphatic rings. The highest BCUT2D eigenvalue weighted by Gasteiger charge is 2.35. The molecule has 3 aromatic carbocycles. The third kappa shape index (κ3) is 4.64. The molecule has 1 saturated heterocycles. The summed E-state index contributed by atoms with van der Waals surface area (Å²) in [6, 6.07) is 22.3. The number of carbonyl (C=O) groups is 3. The summed E-state index contributed by atoms with van der Waals surface area (Å²) in [5.74, 6) is -0.230. The van der Waals surface area contributed by atoms with Crippen molar-refractivity contribution in [3.05, 3.63) is 83.9 Å². The molecule has 172 valence electrons. The monoisotopic (exact) mass is 455 g/mol. The molecule has 0 aliphatic carbocycles. The van der Waals surface area contributed by atoms with E-state index in [2.05, 4.69) is 10.6 Å². The fraction of sp³-hybridized carbons (Fsp3) is 0.222. The first kappa shape index (κ1) is 21.7. The van der Waals surface area contributed by atoms with Gasteiger partial charge >= 0.3 is 6.09 Å². The third-order valence-corrected chi connectivity index (χ3v) is 6.19. The van der Waals surface area contributed by atoms with Crippen molar-refractivity contribution in [1.29, 1.82) is 0 Å². The number of rotatable bonds is 5. The summed E-state index contributed by atoms with van der Waals surface area (Å²) in [5.41, 5.74) is 5.27. The average molecular weight is 456 g/mol. The topological polar surface area (TPSA) is 87.7 Å². The van der Waals surface area contributed by atoms with Crippen molar-refractivity contribution in [1.82, 2.24) is 4.90 Å². The van der Waals surface area contributed by atoms with E-state index in [1.165, 1.54) is 4.90 Å². The minimum Gasteiger partial charge on any atom is -0.445 e. The molecule has 0 radical (unpaired) electrons. The fourth-order valence-corrected chi connectivity index (χ4v) is 4.47. The summed E-state index contributed by atoms with van der Waals surface area (Å²) in [6.45, 7) is 0.669. The van der Waals surface area contributed by atoms with Crippen molar-refractivity contribution in [2.45, 2.75) is 31.9 Å². The predicted octanol–water partition coefficient (Wildman–Crippen LogP) is 4.59. The minimum absolute atomic E-state index is 0.00317. The minimum atomic E-state index is -0.566. The predicted molar refractivity (Wildman–Crippen MR) is 129 cm³/mol. The molecular formula is C27H25N3O4. The number of hydrogen-bond donors (Lipinski definition) is 2. The number of ether oxygens (including phenoxy) is 1. The summed E-state index contributed by atoms with van der Waals surface area (Å²) in [5, 5.41) is 5.80. The quantitative estimate of drug-likeness (QED) is 0.589. The average Bonchev–Trinajstić information content (AvgIpc) is 3.49. The molecule has 3 amide bonds. The van der Waals surface area contributed by atoms with Gasteiger partial charge in [0.15, 0.2) is 0 Å².